The molecule has 0 aliphatic rings. The minimum Gasteiger partial charge on any atom is -0.475 e. The number of fused-ring (bicyclic) bond motifs is 1. The number of para-hydroxylation sites is 1. The van der Waals surface area contributed by atoms with Crippen molar-refractivity contribution in [3.8, 4) is 22.4 Å². The lowest BCUT2D eigenvalue weighted by Crippen LogP contribution is -2.23. The molecule has 0 atom stereocenters. The van der Waals surface area contributed by atoms with E-state index in [2.05, 4.69) is 27.5 Å². The van der Waals surface area contributed by atoms with Gasteiger partial charge in [-0.2, -0.15) is 26.3 Å². The average molecular weight is 772 g/mol. The number of hydrogen-bond acceptors (Lipinski definition) is 7. The van der Waals surface area contributed by atoms with Crippen molar-refractivity contribution >= 4 is 40.8 Å². The van der Waals surface area contributed by atoms with Crippen molar-refractivity contribution in [3.63, 3.8) is 0 Å². The van der Waals surface area contributed by atoms with Gasteiger partial charge in [0.25, 0.3) is 11.5 Å². The van der Waals surface area contributed by atoms with E-state index in [0.29, 0.717) is 40.3 Å². The maximum absolute atomic E-state index is 14.5. The van der Waals surface area contributed by atoms with Crippen molar-refractivity contribution in [3.05, 3.63) is 113 Å². The third kappa shape index (κ3) is 9.24. The van der Waals surface area contributed by atoms with E-state index in [1.807, 2.05) is 6.92 Å². The summed E-state index contributed by atoms with van der Waals surface area (Å²) in [7, 11) is 1.48. The second kappa shape index (κ2) is 16.5. The number of aryl methyl sites for hydroxylation is 1. The summed E-state index contributed by atoms with van der Waals surface area (Å²) in [6.45, 7) is 6.65. The Balaban J connectivity index is 0.000000876. The van der Waals surface area contributed by atoms with Gasteiger partial charge in [-0.15, -0.1) is 0 Å². The molecule has 288 valence electrons. The number of carbonyl (C=O) groups is 4. The van der Waals surface area contributed by atoms with E-state index in [-0.39, 0.29) is 29.3 Å². The highest BCUT2D eigenvalue weighted by atomic mass is 19.4. The van der Waals surface area contributed by atoms with E-state index < -0.39 is 47.2 Å². The summed E-state index contributed by atoms with van der Waals surface area (Å²) in [5.41, 5.74) is 1.58. The number of carbonyl (C=O) groups excluding carboxylic acids is 3. The lowest BCUT2D eigenvalue weighted by Gasteiger charge is -2.12. The van der Waals surface area contributed by atoms with Crippen molar-refractivity contribution < 1.29 is 50.6 Å². The van der Waals surface area contributed by atoms with Crippen LogP contribution in [-0.4, -0.2) is 61.0 Å². The predicted octanol–water partition coefficient (Wildman–Crippen LogP) is 5.87. The minimum atomic E-state index is -5.08. The Hall–Kier alpha value is -6.79. The molecule has 5 rings (SSSR count). The van der Waals surface area contributed by atoms with Crippen LogP contribution < -0.4 is 21.5 Å². The van der Waals surface area contributed by atoms with E-state index in [9.17, 15) is 45.5 Å². The summed E-state index contributed by atoms with van der Waals surface area (Å²) in [4.78, 5) is 70.2. The van der Waals surface area contributed by atoms with E-state index in [1.54, 1.807) is 37.3 Å². The Bertz CT molecular complexity index is 2330. The molecule has 0 spiro atoms. The molecule has 13 nitrogen and oxygen atoms in total. The van der Waals surface area contributed by atoms with Crippen molar-refractivity contribution in [1.29, 1.82) is 0 Å². The van der Waals surface area contributed by atoms with Gasteiger partial charge in [0.1, 0.15) is 12.2 Å². The van der Waals surface area contributed by atoms with Gasteiger partial charge in [-0.1, -0.05) is 37.8 Å². The molecule has 0 aliphatic heterocycles. The zero-order valence-corrected chi connectivity index (χ0v) is 29.1. The Labute approximate surface area is 307 Å². The number of hydrogen-bond donors (Lipinski definition) is 4. The first kappa shape index (κ1) is 41.0. The normalized spacial score (nSPS) is 11.3. The van der Waals surface area contributed by atoms with Gasteiger partial charge >= 0.3 is 18.3 Å². The number of benzene rings is 2. The second-order valence-electron chi connectivity index (χ2n) is 11.4. The van der Waals surface area contributed by atoms with Gasteiger partial charge in [-0.25, -0.2) is 14.2 Å². The molecule has 0 saturated heterocycles. The van der Waals surface area contributed by atoms with Crippen LogP contribution in [0.1, 0.15) is 34.4 Å². The molecule has 19 heteroatoms. The van der Waals surface area contributed by atoms with Crippen LogP contribution in [0.15, 0.2) is 84.3 Å². The maximum atomic E-state index is 14.5. The van der Waals surface area contributed by atoms with Crippen molar-refractivity contribution in [2.75, 3.05) is 17.7 Å². The highest BCUT2D eigenvalue weighted by Crippen LogP contribution is 2.34. The highest BCUT2D eigenvalue weighted by molar-refractivity contribution is 6.02. The smallest absolute Gasteiger partial charge is 0.475 e. The molecule has 0 bridgehead atoms. The number of carboxylic acid groups (broad SMARTS) is 1. The summed E-state index contributed by atoms with van der Waals surface area (Å²) in [5, 5.41) is 15.0. The molecule has 0 unspecified atom stereocenters. The third-order valence-corrected chi connectivity index (χ3v) is 7.87. The van der Waals surface area contributed by atoms with Crippen molar-refractivity contribution in [1.82, 2.24) is 24.3 Å². The van der Waals surface area contributed by atoms with Gasteiger partial charge in [0.2, 0.25) is 17.6 Å². The van der Waals surface area contributed by atoms with Crippen molar-refractivity contribution in [2.45, 2.75) is 39.2 Å². The minimum absolute atomic E-state index is 0.121. The number of halogens is 6. The summed E-state index contributed by atoms with van der Waals surface area (Å²) >= 11 is 0. The Morgan fingerprint density at radius 3 is 2.11 bits per heavy atom. The lowest BCUT2D eigenvalue weighted by molar-refractivity contribution is -0.192. The van der Waals surface area contributed by atoms with E-state index >= 15 is 0 Å². The molecular formula is C36H31F6N7O6. The largest absolute Gasteiger partial charge is 0.490 e. The molecule has 4 N–H and O–H groups in total. The first-order chi connectivity index (χ1) is 25.8. The fraction of sp³-hybridized carbons (Fsp3) is 0.194. The lowest BCUT2D eigenvalue weighted by atomic mass is 10.0. The van der Waals surface area contributed by atoms with Crippen LogP contribution >= 0.6 is 0 Å². The fourth-order valence-electron chi connectivity index (χ4n) is 5.30. The molecule has 3 aromatic heterocycles. The highest BCUT2D eigenvalue weighted by Gasteiger charge is 2.38. The number of rotatable bonds is 9. The second-order valence-corrected chi connectivity index (χ2v) is 11.4. The topological polar surface area (TPSA) is 177 Å². The number of aromatic nitrogens is 4. The molecule has 0 fully saturated rings. The number of alkyl halides is 6. The quantitative estimate of drug-likeness (QED) is 0.106. The zero-order valence-electron chi connectivity index (χ0n) is 29.1. The molecule has 2 aromatic carbocycles. The van der Waals surface area contributed by atoms with E-state index in [0.717, 1.165) is 30.3 Å². The van der Waals surface area contributed by atoms with Crippen LogP contribution in [0, 0.1) is 6.92 Å². The number of imidazole rings is 1. The van der Waals surface area contributed by atoms with Crippen LogP contribution in [-0.2, 0) is 33.5 Å². The number of pyridine rings is 1. The molecule has 3 heterocycles. The van der Waals surface area contributed by atoms with Gasteiger partial charge in [0.15, 0.2) is 0 Å². The number of anilines is 2. The summed E-state index contributed by atoms with van der Waals surface area (Å²) in [6.07, 6.45) is -6.78. The van der Waals surface area contributed by atoms with Gasteiger partial charge in [0.05, 0.1) is 28.2 Å². The molecule has 0 saturated carbocycles. The van der Waals surface area contributed by atoms with Gasteiger partial charge < -0.3 is 25.6 Å². The number of carboxylic acids is 1. The molecule has 55 heavy (non-hydrogen) atoms. The van der Waals surface area contributed by atoms with Crippen LogP contribution in [0.4, 0.5) is 37.7 Å². The number of nitrogens with one attached hydrogen (secondary N) is 3. The van der Waals surface area contributed by atoms with Crippen LogP contribution in [0.5, 0.6) is 0 Å². The Morgan fingerprint density at radius 1 is 0.945 bits per heavy atom. The molecule has 0 radical (unpaired) electrons. The number of nitrogens with zero attached hydrogens (tertiary/aromatic N) is 4. The predicted molar refractivity (Wildman–Crippen MR) is 188 cm³/mol. The average Bonchev–Trinajstić information content (AvgIpc) is 3.41. The summed E-state index contributed by atoms with van der Waals surface area (Å²) in [6, 6.07) is 13.9. The Morgan fingerprint density at radius 2 is 1.58 bits per heavy atom. The summed E-state index contributed by atoms with van der Waals surface area (Å²) in [5.74, 6) is -4.10. The van der Waals surface area contributed by atoms with Crippen molar-refractivity contribution in [2.24, 2.45) is 0 Å². The van der Waals surface area contributed by atoms with Crippen LogP contribution in [0.25, 0.3) is 28.2 Å². The molecule has 3 amide bonds. The number of aliphatic carboxylic acids is 1. The molecular weight excluding hydrogens is 740 g/mol. The first-order valence-electron chi connectivity index (χ1n) is 16.0. The fourth-order valence-corrected chi connectivity index (χ4v) is 5.30. The SMILES string of the molecule is C=CC(=O)Nc1ccccc1-c1c(C)n(CC(=O)Nc2ccc(C(F)(F)F)cc2)c2nc(CC)c(-c3ccc(C(=O)NC)nc3)c(=O)n12.O=C(O)C(F)(F)F. The summed E-state index contributed by atoms with van der Waals surface area (Å²) < 4.78 is 73.7. The standard InChI is InChI=1S/C34H30F3N7O4.C2HF3O2/c1-5-24-29(20-11-16-26(39-17-20)31(47)38-4)32(48)44-30(23-9-7-8-10-25(23)41-27(45)6-2)19(3)43(33(44)42-24)18-28(46)40-22-14-12-21(13-15-22)34(35,36)37;3-2(4,5)1(6)7/h6-17H,2,5,18H2,1,3-4H3,(H,38,47)(H,40,46)(H,41,45);(H,6,7). The van der Waals surface area contributed by atoms with Gasteiger partial charge in [0, 0.05) is 35.8 Å². The monoisotopic (exact) mass is 771 g/mol. The first-order valence-corrected chi connectivity index (χ1v) is 16.0. The number of amides is 3. The van der Waals surface area contributed by atoms with Crippen LogP contribution in [0.2, 0.25) is 0 Å². The zero-order chi connectivity index (χ0) is 40.8. The molecule has 5 aromatic rings. The Kier molecular flexibility index (Phi) is 12.3. The van der Waals surface area contributed by atoms with Gasteiger partial charge in [-0.3, -0.25) is 24.2 Å². The van der Waals surface area contributed by atoms with E-state index in [1.165, 1.54) is 28.3 Å². The third-order valence-electron chi connectivity index (χ3n) is 7.87. The van der Waals surface area contributed by atoms with Gasteiger partial charge in [-0.05, 0) is 55.8 Å². The van der Waals surface area contributed by atoms with Crippen LogP contribution in [0.3, 0.4) is 0 Å². The van der Waals surface area contributed by atoms with E-state index in [4.69, 9.17) is 14.9 Å². The molecule has 0 aliphatic carbocycles. The maximum Gasteiger partial charge on any atom is 0.490 e.